The summed E-state index contributed by atoms with van der Waals surface area (Å²) >= 11 is 0. The second-order valence-corrected chi connectivity index (χ2v) is 9.98. The van der Waals surface area contributed by atoms with Crippen molar-refractivity contribution >= 4 is 11.0 Å². The van der Waals surface area contributed by atoms with Crippen LogP contribution in [0.15, 0.2) is 24.3 Å². The van der Waals surface area contributed by atoms with Crippen molar-refractivity contribution in [1.82, 2.24) is 19.8 Å². The maximum Gasteiger partial charge on any atom is 0.113 e. The van der Waals surface area contributed by atoms with Crippen LogP contribution in [0.1, 0.15) is 88.9 Å². The predicted molar refractivity (Wildman–Crippen MR) is 121 cm³/mol. The van der Waals surface area contributed by atoms with Crippen molar-refractivity contribution in [3.8, 4) is 0 Å². The predicted octanol–water partition coefficient (Wildman–Crippen LogP) is 5.25. The second-order valence-electron chi connectivity index (χ2n) is 9.98. The number of benzene rings is 1. The molecule has 0 radical (unpaired) electrons. The Morgan fingerprint density at radius 1 is 0.931 bits per heavy atom. The highest BCUT2D eigenvalue weighted by Crippen LogP contribution is 2.38. The molecule has 4 heteroatoms. The van der Waals surface area contributed by atoms with E-state index < -0.39 is 0 Å². The fourth-order valence-electron chi connectivity index (χ4n) is 6.29. The Balaban J connectivity index is 1.38. The van der Waals surface area contributed by atoms with Gasteiger partial charge in [-0.25, -0.2) is 4.98 Å². The van der Waals surface area contributed by atoms with Crippen molar-refractivity contribution in [3.63, 3.8) is 0 Å². The highest BCUT2D eigenvalue weighted by atomic mass is 15.2. The molecule has 1 aromatic carbocycles. The Morgan fingerprint density at radius 3 is 2.34 bits per heavy atom. The molecular formula is C25H38N4. The summed E-state index contributed by atoms with van der Waals surface area (Å²) in [5, 5.41) is 3.52. The van der Waals surface area contributed by atoms with E-state index in [0.717, 1.165) is 13.1 Å². The number of nitrogens with one attached hydrogen (secondary N) is 1. The van der Waals surface area contributed by atoms with Crippen molar-refractivity contribution in [3.05, 3.63) is 30.1 Å². The van der Waals surface area contributed by atoms with Gasteiger partial charge in [0.2, 0.25) is 0 Å². The minimum absolute atomic E-state index is 0.441. The lowest BCUT2D eigenvalue weighted by atomic mass is 9.87. The van der Waals surface area contributed by atoms with E-state index >= 15 is 0 Å². The average molecular weight is 395 g/mol. The third-order valence-corrected chi connectivity index (χ3v) is 8.10. The van der Waals surface area contributed by atoms with Crippen LogP contribution in [-0.2, 0) is 0 Å². The van der Waals surface area contributed by atoms with Gasteiger partial charge in [-0.15, -0.1) is 0 Å². The minimum Gasteiger partial charge on any atom is -0.325 e. The van der Waals surface area contributed by atoms with E-state index in [0.29, 0.717) is 17.5 Å². The SMILES string of the molecule is CC1(N2CCC(n3c(C4CCNCC4)nc4ccccc43)CC2)CCCCCC1. The number of hydrogen-bond donors (Lipinski definition) is 1. The first-order valence-corrected chi connectivity index (χ1v) is 12.2. The van der Waals surface area contributed by atoms with Crippen molar-refractivity contribution in [2.24, 2.45) is 0 Å². The number of imidazole rings is 1. The van der Waals surface area contributed by atoms with Gasteiger partial charge in [-0.1, -0.05) is 37.8 Å². The first-order chi connectivity index (χ1) is 14.2. The van der Waals surface area contributed by atoms with Crippen LogP contribution in [0, 0.1) is 0 Å². The van der Waals surface area contributed by atoms with E-state index in [1.165, 1.54) is 94.2 Å². The first kappa shape index (κ1) is 19.6. The highest BCUT2D eigenvalue weighted by molar-refractivity contribution is 5.76. The molecule has 0 spiro atoms. The van der Waals surface area contributed by atoms with Gasteiger partial charge in [0.25, 0.3) is 0 Å². The minimum atomic E-state index is 0.441. The van der Waals surface area contributed by atoms with E-state index in [2.05, 4.69) is 46.0 Å². The molecule has 0 atom stereocenters. The van der Waals surface area contributed by atoms with Crippen LogP contribution < -0.4 is 5.32 Å². The Kier molecular flexibility index (Phi) is 5.66. The summed E-state index contributed by atoms with van der Waals surface area (Å²) < 4.78 is 2.66. The zero-order chi connectivity index (χ0) is 19.7. The van der Waals surface area contributed by atoms with Crippen LogP contribution in [0.5, 0.6) is 0 Å². The second kappa shape index (κ2) is 8.39. The molecule has 3 aliphatic rings. The number of piperidine rings is 2. The summed E-state index contributed by atoms with van der Waals surface area (Å²) in [7, 11) is 0. The topological polar surface area (TPSA) is 33.1 Å². The number of nitrogens with zero attached hydrogens (tertiary/aromatic N) is 3. The third kappa shape index (κ3) is 3.86. The Morgan fingerprint density at radius 2 is 1.62 bits per heavy atom. The quantitative estimate of drug-likeness (QED) is 0.722. The molecule has 3 fully saturated rings. The normalized spacial score (nSPS) is 25.3. The summed E-state index contributed by atoms with van der Waals surface area (Å²) in [6, 6.07) is 9.44. The van der Waals surface area contributed by atoms with Gasteiger partial charge in [0.1, 0.15) is 5.82 Å². The number of likely N-dealkylation sites (tertiary alicyclic amines) is 1. The summed E-state index contributed by atoms with van der Waals surface area (Å²) in [5.74, 6) is 1.98. The highest BCUT2D eigenvalue weighted by Gasteiger charge is 2.36. The van der Waals surface area contributed by atoms with E-state index in [9.17, 15) is 0 Å². The van der Waals surface area contributed by atoms with Crippen molar-refractivity contribution in [1.29, 1.82) is 0 Å². The molecule has 5 rings (SSSR count). The fourth-order valence-corrected chi connectivity index (χ4v) is 6.29. The molecule has 158 valence electrons. The van der Waals surface area contributed by atoms with Gasteiger partial charge < -0.3 is 9.88 Å². The molecule has 0 amide bonds. The zero-order valence-corrected chi connectivity index (χ0v) is 18.2. The molecule has 29 heavy (non-hydrogen) atoms. The maximum absolute atomic E-state index is 5.17. The molecule has 4 nitrogen and oxygen atoms in total. The van der Waals surface area contributed by atoms with Gasteiger partial charge in [-0.3, -0.25) is 4.90 Å². The van der Waals surface area contributed by atoms with Crippen molar-refractivity contribution in [2.45, 2.75) is 88.6 Å². The van der Waals surface area contributed by atoms with E-state index in [-0.39, 0.29) is 0 Å². The molecule has 0 bridgehead atoms. The third-order valence-electron chi connectivity index (χ3n) is 8.10. The Labute approximate surface area is 176 Å². The van der Waals surface area contributed by atoms with Crippen LogP contribution in [0.25, 0.3) is 11.0 Å². The molecular weight excluding hydrogens is 356 g/mol. The number of hydrogen-bond acceptors (Lipinski definition) is 3. The average Bonchev–Trinajstić information content (AvgIpc) is 3.02. The van der Waals surface area contributed by atoms with Crippen LogP contribution >= 0.6 is 0 Å². The van der Waals surface area contributed by atoms with Gasteiger partial charge in [-0.05, 0) is 70.7 Å². The van der Waals surface area contributed by atoms with Gasteiger partial charge in [0, 0.05) is 30.6 Å². The van der Waals surface area contributed by atoms with Crippen LogP contribution in [0.4, 0.5) is 0 Å². The van der Waals surface area contributed by atoms with E-state index in [4.69, 9.17) is 4.98 Å². The zero-order valence-electron chi connectivity index (χ0n) is 18.2. The number of aromatic nitrogens is 2. The molecule has 3 heterocycles. The summed E-state index contributed by atoms with van der Waals surface area (Å²) in [5.41, 5.74) is 3.00. The van der Waals surface area contributed by atoms with Crippen molar-refractivity contribution in [2.75, 3.05) is 26.2 Å². The largest absolute Gasteiger partial charge is 0.325 e. The molecule has 2 aliphatic heterocycles. The molecule has 2 saturated heterocycles. The van der Waals surface area contributed by atoms with Crippen LogP contribution in [0.3, 0.4) is 0 Å². The van der Waals surface area contributed by atoms with Crippen LogP contribution in [-0.4, -0.2) is 46.2 Å². The van der Waals surface area contributed by atoms with Gasteiger partial charge in [0.05, 0.1) is 11.0 Å². The Bertz CT molecular complexity index is 803. The standard InChI is InChI=1S/C25H38N4/c1-25(14-6-2-3-7-15-25)28-18-12-21(13-19-28)29-23-9-5-4-8-22(23)27-24(29)20-10-16-26-17-11-20/h4-5,8-9,20-21,26H,2-3,6-7,10-19H2,1H3. The lowest BCUT2D eigenvalue weighted by Crippen LogP contribution is -2.50. The van der Waals surface area contributed by atoms with Gasteiger partial charge in [0.15, 0.2) is 0 Å². The van der Waals surface area contributed by atoms with Crippen LogP contribution in [0.2, 0.25) is 0 Å². The number of para-hydroxylation sites is 2. The fraction of sp³-hybridized carbons (Fsp3) is 0.720. The lowest BCUT2D eigenvalue weighted by Gasteiger charge is -2.45. The van der Waals surface area contributed by atoms with E-state index in [1.807, 2.05) is 0 Å². The molecule has 1 saturated carbocycles. The maximum atomic E-state index is 5.17. The molecule has 1 aromatic heterocycles. The first-order valence-electron chi connectivity index (χ1n) is 12.2. The summed E-state index contributed by atoms with van der Waals surface area (Å²) in [6.07, 6.45) is 13.5. The molecule has 1 aliphatic carbocycles. The number of rotatable bonds is 3. The monoisotopic (exact) mass is 394 g/mol. The van der Waals surface area contributed by atoms with Crippen molar-refractivity contribution < 1.29 is 0 Å². The molecule has 2 aromatic rings. The van der Waals surface area contributed by atoms with E-state index in [1.54, 1.807) is 0 Å². The number of fused-ring (bicyclic) bond motifs is 1. The lowest BCUT2D eigenvalue weighted by molar-refractivity contribution is 0.0521. The van der Waals surface area contributed by atoms with Gasteiger partial charge in [-0.2, -0.15) is 0 Å². The summed E-state index contributed by atoms with van der Waals surface area (Å²) in [4.78, 5) is 8.01. The smallest absolute Gasteiger partial charge is 0.113 e. The molecule has 0 unspecified atom stereocenters. The molecule has 1 N–H and O–H groups in total. The summed E-state index contributed by atoms with van der Waals surface area (Å²) in [6.45, 7) is 7.31. The van der Waals surface area contributed by atoms with Gasteiger partial charge >= 0.3 is 0 Å². The Hall–Kier alpha value is -1.39.